The van der Waals surface area contributed by atoms with E-state index in [0.717, 1.165) is 18.4 Å². The van der Waals surface area contributed by atoms with Gasteiger partial charge in [-0.2, -0.15) is 0 Å². The van der Waals surface area contributed by atoms with Gasteiger partial charge in [0.15, 0.2) is 0 Å². The van der Waals surface area contributed by atoms with Crippen LogP contribution in [0.1, 0.15) is 18.4 Å². The zero-order valence-electron chi connectivity index (χ0n) is 14.3. The Morgan fingerprint density at radius 2 is 1.76 bits per heavy atom. The Morgan fingerprint density at radius 1 is 1.08 bits per heavy atom. The second-order valence-corrected chi connectivity index (χ2v) is 6.64. The van der Waals surface area contributed by atoms with E-state index in [-0.39, 0.29) is 30.0 Å². The SMILES string of the molecule is O=C(Cn1ccccc1=O)N1CCC([C@@H](O)Cc2ccccc2)CC1. The van der Waals surface area contributed by atoms with Gasteiger partial charge in [0, 0.05) is 25.4 Å². The van der Waals surface area contributed by atoms with Crippen LogP contribution >= 0.6 is 0 Å². The molecule has 2 aromatic rings. The minimum Gasteiger partial charge on any atom is -0.392 e. The van der Waals surface area contributed by atoms with Gasteiger partial charge in [0.1, 0.15) is 6.54 Å². The normalized spacial score (nSPS) is 16.6. The quantitative estimate of drug-likeness (QED) is 0.901. The van der Waals surface area contributed by atoms with Crippen LogP contribution in [0.3, 0.4) is 0 Å². The zero-order chi connectivity index (χ0) is 17.6. The number of amides is 1. The average molecular weight is 340 g/mol. The molecule has 25 heavy (non-hydrogen) atoms. The largest absolute Gasteiger partial charge is 0.392 e. The Hall–Kier alpha value is -2.40. The summed E-state index contributed by atoms with van der Waals surface area (Å²) in [6, 6.07) is 14.9. The Morgan fingerprint density at radius 3 is 2.44 bits per heavy atom. The van der Waals surface area contributed by atoms with Gasteiger partial charge in [-0.25, -0.2) is 0 Å². The Bertz CT molecular complexity index is 749. The van der Waals surface area contributed by atoms with Gasteiger partial charge in [0.05, 0.1) is 6.10 Å². The van der Waals surface area contributed by atoms with Crippen LogP contribution < -0.4 is 5.56 Å². The summed E-state index contributed by atoms with van der Waals surface area (Å²) in [4.78, 5) is 25.9. The number of benzene rings is 1. The van der Waals surface area contributed by atoms with Crippen molar-refractivity contribution in [2.24, 2.45) is 5.92 Å². The number of pyridine rings is 1. The van der Waals surface area contributed by atoms with E-state index >= 15 is 0 Å². The van der Waals surface area contributed by atoms with Gasteiger partial charge in [0.25, 0.3) is 5.56 Å². The van der Waals surface area contributed by atoms with Gasteiger partial charge in [-0.1, -0.05) is 36.4 Å². The van der Waals surface area contributed by atoms with E-state index in [1.807, 2.05) is 30.3 Å². The molecule has 1 saturated heterocycles. The molecule has 3 rings (SSSR count). The summed E-state index contributed by atoms with van der Waals surface area (Å²) in [5, 5.41) is 10.5. The van der Waals surface area contributed by atoms with Crippen molar-refractivity contribution in [3.05, 3.63) is 70.6 Å². The van der Waals surface area contributed by atoms with Crippen molar-refractivity contribution in [1.29, 1.82) is 0 Å². The minimum atomic E-state index is -0.378. The van der Waals surface area contributed by atoms with Gasteiger partial charge >= 0.3 is 0 Å². The van der Waals surface area contributed by atoms with E-state index in [0.29, 0.717) is 19.5 Å². The van der Waals surface area contributed by atoms with E-state index in [2.05, 4.69) is 0 Å². The lowest BCUT2D eigenvalue weighted by Crippen LogP contribution is -2.43. The van der Waals surface area contributed by atoms with Crippen LogP contribution in [0.15, 0.2) is 59.5 Å². The second kappa shape index (κ2) is 8.12. The van der Waals surface area contributed by atoms with Crippen molar-refractivity contribution in [2.75, 3.05) is 13.1 Å². The molecule has 1 aromatic carbocycles. The lowest BCUT2D eigenvalue weighted by atomic mass is 9.88. The lowest BCUT2D eigenvalue weighted by Gasteiger charge is -2.34. The van der Waals surface area contributed by atoms with Crippen LogP contribution in [0.25, 0.3) is 0 Å². The zero-order valence-corrected chi connectivity index (χ0v) is 14.3. The van der Waals surface area contributed by atoms with Gasteiger partial charge in [0.2, 0.25) is 5.91 Å². The van der Waals surface area contributed by atoms with Crippen LogP contribution in [0.5, 0.6) is 0 Å². The van der Waals surface area contributed by atoms with Gasteiger partial charge < -0.3 is 14.6 Å². The first-order chi connectivity index (χ1) is 12.1. The van der Waals surface area contributed by atoms with Crippen molar-refractivity contribution >= 4 is 5.91 Å². The maximum Gasteiger partial charge on any atom is 0.250 e. The fourth-order valence-corrected chi connectivity index (χ4v) is 3.39. The number of aliphatic hydroxyl groups excluding tert-OH is 1. The Kier molecular flexibility index (Phi) is 5.66. The van der Waals surface area contributed by atoms with Gasteiger partial charge in [-0.3, -0.25) is 9.59 Å². The summed E-state index contributed by atoms with van der Waals surface area (Å²) in [6.07, 6.45) is 3.50. The number of aliphatic hydroxyl groups is 1. The third kappa shape index (κ3) is 4.57. The summed E-state index contributed by atoms with van der Waals surface area (Å²) in [5.74, 6) is 0.174. The molecule has 0 aliphatic carbocycles. The lowest BCUT2D eigenvalue weighted by molar-refractivity contribution is -0.133. The molecule has 0 bridgehead atoms. The average Bonchev–Trinajstić information content (AvgIpc) is 2.64. The third-order valence-electron chi connectivity index (χ3n) is 4.93. The molecular formula is C20H24N2O3. The molecule has 132 valence electrons. The molecule has 0 saturated carbocycles. The molecule has 0 radical (unpaired) electrons. The molecule has 0 unspecified atom stereocenters. The molecular weight excluding hydrogens is 316 g/mol. The number of hydrogen-bond acceptors (Lipinski definition) is 3. The number of aromatic nitrogens is 1. The predicted molar refractivity (Wildman–Crippen MR) is 96.2 cm³/mol. The maximum atomic E-state index is 12.4. The summed E-state index contributed by atoms with van der Waals surface area (Å²) in [5.41, 5.74) is 0.973. The fraction of sp³-hybridized carbons (Fsp3) is 0.400. The highest BCUT2D eigenvalue weighted by molar-refractivity contribution is 5.76. The first-order valence-electron chi connectivity index (χ1n) is 8.79. The molecule has 1 aliphatic rings. The van der Waals surface area contributed by atoms with Crippen molar-refractivity contribution in [1.82, 2.24) is 9.47 Å². The highest BCUT2D eigenvalue weighted by Crippen LogP contribution is 2.23. The molecule has 5 nitrogen and oxygen atoms in total. The number of carbonyl (C=O) groups excluding carboxylic acids is 1. The van der Waals surface area contributed by atoms with Crippen LogP contribution in [-0.4, -0.2) is 39.7 Å². The molecule has 1 aromatic heterocycles. The number of nitrogens with zero attached hydrogens (tertiary/aromatic N) is 2. The summed E-state index contributed by atoms with van der Waals surface area (Å²) in [6.45, 7) is 1.35. The summed E-state index contributed by atoms with van der Waals surface area (Å²) in [7, 11) is 0. The standard InChI is InChI=1S/C20H24N2O3/c23-18(14-16-6-2-1-3-7-16)17-9-12-21(13-10-17)20(25)15-22-11-5-4-8-19(22)24/h1-8,11,17-18,23H,9-10,12-15H2/t18-/m0/s1. The van der Waals surface area contributed by atoms with Crippen molar-refractivity contribution in [3.63, 3.8) is 0 Å². The molecule has 1 fully saturated rings. The van der Waals surface area contributed by atoms with Crippen molar-refractivity contribution in [2.45, 2.75) is 31.9 Å². The topological polar surface area (TPSA) is 62.5 Å². The molecule has 1 amide bonds. The van der Waals surface area contributed by atoms with E-state index in [1.165, 1.54) is 10.6 Å². The smallest absolute Gasteiger partial charge is 0.250 e. The van der Waals surface area contributed by atoms with Crippen molar-refractivity contribution < 1.29 is 9.90 Å². The van der Waals surface area contributed by atoms with E-state index in [1.54, 1.807) is 23.2 Å². The number of hydrogen-bond donors (Lipinski definition) is 1. The first kappa shape index (κ1) is 17.4. The van der Waals surface area contributed by atoms with Crippen LogP contribution in [0.4, 0.5) is 0 Å². The van der Waals surface area contributed by atoms with Crippen LogP contribution in [-0.2, 0) is 17.8 Å². The van der Waals surface area contributed by atoms with E-state index in [9.17, 15) is 14.7 Å². The molecule has 1 aliphatic heterocycles. The highest BCUT2D eigenvalue weighted by atomic mass is 16.3. The van der Waals surface area contributed by atoms with Crippen LogP contribution in [0.2, 0.25) is 0 Å². The predicted octanol–water partition coefficient (Wildman–Crippen LogP) is 1.69. The molecule has 2 heterocycles. The second-order valence-electron chi connectivity index (χ2n) is 6.64. The minimum absolute atomic E-state index is 0.0377. The number of carbonyl (C=O) groups is 1. The van der Waals surface area contributed by atoms with Gasteiger partial charge in [-0.05, 0) is 36.8 Å². The number of piperidine rings is 1. The number of likely N-dealkylation sites (tertiary alicyclic amines) is 1. The number of rotatable bonds is 5. The van der Waals surface area contributed by atoms with Crippen LogP contribution in [0, 0.1) is 5.92 Å². The molecule has 1 N–H and O–H groups in total. The van der Waals surface area contributed by atoms with E-state index in [4.69, 9.17) is 0 Å². The Labute approximate surface area is 147 Å². The van der Waals surface area contributed by atoms with Crippen molar-refractivity contribution in [3.8, 4) is 0 Å². The highest BCUT2D eigenvalue weighted by Gasteiger charge is 2.27. The molecule has 0 spiro atoms. The summed E-state index contributed by atoms with van der Waals surface area (Å²) >= 11 is 0. The molecule has 5 heteroatoms. The molecule has 1 atom stereocenters. The fourth-order valence-electron chi connectivity index (χ4n) is 3.39. The first-order valence-corrected chi connectivity index (χ1v) is 8.79. The van der Waals surface area contributed by atoms with E-state index < -0.39 is 0 Å². The van der Waals surface area contributed by atoms with Gasteiger partial charge in [-0.15, -0.1) is 0 Å². The maximum absolute atomic E-state index is 12.4. The third-order valence-corrected chi connectivity index (χ3v) is 4.93. The Balaban J connectivity index is 1.50. The monoisotopic (exact) mass is 340 g/mol. The summed E-state index contributed by atoms with van der Waals surface area (Å²) < 4.78 is 1.43.